The molecule has 1 fully saturated rings. The number of nitrogens with zero attached hydrogens (tertiary/aromatic N) is 3. The number of rotatable bonds is 9. The fourth-order valence-corrected chi connectivity index (χ4v) is 5.76. The highest BCUT2D eigenvalue weighted by Crippen LogP contribution is 2.26. The number of anilines is 1. The van der Waals surface area contributed by atoms with E-state index >= 15 is 0 Å². The summed E-state index contributed by atoms with van der Waals surface area (Å²) in [6, 6.07) is 5.96. The van der Waals surface area contributed by atoms with Crippen LogP contribution < -0.4 is 5.32 Å². The highest BCUT2D eigenvalue weighted by atomic mass is 32.2. The maximum atomic E-state index is 12.9. The minimum absolute atomic E-state index is 0.112. The molecule has 1 N–H and O–H groups in total. The van der Waals surface area contributed by atoms with Crippen LogP contribution in [-0.4, -0.2) is 47.7 Å². The highest BCUT2D eigenvalue weighted by Gasteiger charge is 2.32. The summed E-state index contributed by atoms with van der Waals surface area (Å²) in [7, 11) is -3.65. The molecule has 1 amide bonds. The summed E-state index contributed by atoms with van der Waals surface area (Å²) >= 11 is 1.40. The quantitative estimate of drug-likeness (QED) is 0.449. The van der Waals surface area contributed by atoms with Gasteiger partial charge in [0.2, 0.25) is 21.1 Å². The molecule has 1 aromatic carbocycles. The molecule has 8 nitrogen and oxygen atoms in total. The predicted octanol–water partition coefficient (Wildman–Crippen LogP) is 3.51. The molecule has 31 heavy (non-hydrogen) atoms. The lowest BCUT2D eigenvalue weighted by Gasteiger charge is -2.30. The van der Waals surface area contributed by atoms with E-state index in [1.807, 2.05) is 0 Å². The van der Waals surface area contributed by atoms with Crippen molar-refractivity contribution in [2.24, 2.45) is 5.92 Å². The van der Waals surface area contributed by atoms with Gasteiger partial charge in [0.05, 0.1) is 4.90 Å². The average Bonchev–Trinajstić information content (AvgIpc) is 3.21. The van der Waals surface area contributed by atoms with Crippen molar-refractivity contribution in [2.75, 3.05) is 18.4 Å². The monoisotopic (exact) mass is 464 g/mol. The number of piperidine rings is 1. The zero-order chi connectivity index (χ0) is 22.4. The van der Waals surface area contributed by atoms with Crippen molar-refractivity contribution in [3.63, 3.8) is 0 Å². The van der Waals surface area contributed by atoms with Gasteiger partial charge in [-0.2, -0.15) is 4.31 Å². The zero-order valence-corrected chi connectivity index (χ0v) is 19.5. The van der Waals surface area contributed by atoms with E-state index < -0.39 is 10.0 Å². The van der Waals surface area contributed by atoms with Gasteiger partial charge in [0.1, 0.15) is 5.01 Å². The fourth-order valence-electron chi connectivity index (χ4n) is 3.51. The van der Waals surface area contributed by atoms with Gasteiger partial charge in [0, 0.05) is 31.0 Å². The Morgan fingerprint density at radius 1 is 1.13 bits per heavy atom. The Hall–Kier alpha value is -2.17. The molecule has 0 aliphatic carbocycles. The number of aryl methyl sites for hydroxylation is 1. The van der Waals surface area contributed by atoms with Crippen molar-refractivity contribution in [3.05, 3.63) is 34.8 Å². The number of unbranched alkanes of at least 4 members (excludes halogenated alkanes) is 2. The number of hydrogen-bond donors (Lipinski definition) is 1. The maximum Gasteiger partial charge on any atom is 0.243 e. The van der Waals surface area contributed by atoms with Crippen molar-refractivity contribution in [2.45, 2.75) is 57.3 Å². The summed E-state index contributed by atoms with van der Waals surface area (Å²) in [5, 5.41) is 12.4. The Balaban J connectivity index is 1.53. The first-order chi connectivity index (χ1) is 14.8. The number of sulfonamides is 1. The summed E-state index contributed by atoms with van der Waals surface area (Å²) in [4.78, 5) is 24.1. The Morgan fingerprint density at radius 3 is 2.42 bits per heavy atom. The number of Topliss-reactive ketones (excluding diaryl/α,β-unsaturated/α-hetero) is 1. The van der Waals surface area contributed by atoms with Gasteiger partial charge in [0.15, 0.2) is 5.78 Å². The van der Waals surface area contributed by atoms with Gasteiger partial charge >= 0.3 is 0 Å². The maximum absolute atomic E-state index is 12.9. The second-order valence-corrected chi connectivity index (χ2v) is 10.7. The van der Waals surface area contributed by atoms with Crippen molar-refractivity contribution >= 4 is 38.2 Å². The van der Waals surface area contributed by atoms with E-state index in [9.17, 15) is 18.0 Å². The first kappa shape index (κ1) is 23.5. The van der Waals surface area contributed by atoms with Crippen LogP contribution in [0.2, 0.25) is 0 Å². The molecule has 168 valence electrons. The Labute approximate surface area is 187 Å². The van der Waals surface area contributed by atoms with E-state index in [4.69, 9.17) is 0 Å². The second-order valence-electron chi connectivity index (χ2n) is 7.71. The highest BCUT2D eigenvalue weighted by molar-refractivity contribution is 7.89. The van der Waals surface area contributed by atoms with Gasteiger partial charge < -0.3 is 5.32 Å². The Bertz CT molecular complexity index is 1010. The third-order valence-corrected chi connectivity index (χ3v) is 8.23. The molecular formula is C21H28N4O4S2. The standard InChI is InChI=1S/C21H28N4O4S2/c1-3-4-5-6-19-23-24-21(30-19)22-20(27)17-11-13-25(14-12-17)31(28,29)18-9-7-16(8-10-18)15(2)26/h7-10,17H,3-6,11-14H2,1-2H3,(H,22,24,27). The van der Waals surface area contributed by atoms with Gasteiger partial charge in [-0.1, -0.05) is 43.2 Å². The molecule has 0 spiro atoms. The number of aromatic nitrogens is 2. The summed E-state index contributed by atoms with van der Waals surface area (Å²) in [5.41, 5.74) is 0.472. The number of carbonyl (C=O) groups excluding carboxylic acids is 2. The predicted molar refractivity (Wildman–Crippen MR) is 120 cm³/mol. The van der Waals surface area contributed by atoms with E-state index in [-0.39, 0.29) is 35.6 Å². The number of carbonyl (C=O) groups is 2. The molecule has 2 heterocycles. The third-order valence-electron chi connectivity index (χ3n) is 5.41. The van der Waals surface area contributed by atoms with Crippen LogP contribution in [0.3, 0.4) is 0 Å². The van der Waals surface area contributed by atoms with Gasteiger partial charge in [-0.05, 0) is 38.3 Å². The molecule has 0 saturated carbocycles. The molecule has 1 saturated heterocycles. The van der Waals surface area contributed by atoms with Crippen LogP contribution >= 0.6 is 11.3 Å². The third kappa shape index (κ3) is 5.96. The summed E-state index contributed by atoms with van der Waals surface area (Å²) < 4.78 is 27.1. The smallest absolute Gasteiger partial charge is 0.243 e. The normalized spacial score (nSPS) is 15.7. The van der Waals surface area contributed by atoms with Crippen LogP contribution in [0.4, 0.5) is 5.13 Å². The van der Waals surface area contributed by atoms with E-state index in [0.717, 1.165) is 30.7 Å². The number of nitrogens with one attached hydrogen (secondary N) is 1. The largest absolute Gasteiger partial charge is 0.300 e. The SMILES string of the molecule is CCCCCc1nnc(NC(=O)C2CCN(S(=O)(=O)c3ccc(C(C)=O)cc3)CC2)s1. The lowest BCUT2D eigenvalue weighted by Crippen LogP contribution is -2.41. The van der Waals surface area contributed by atoms with E-state index in [2.05, 4.69) is 22.4 Å². The van der Waals surface area contributed by atoms with Crippen molar-refractivity contribution in [3.8, 4) is 0 Å². The van der Waals surface area contributed by atoms with Crippen molar-refractivity contribution < 1.29 is 18.0 Å². The molecule has 1 aromatic heterocycles. The minimum atomic E-state index is -3.65. The Kier molecular flexibility index (Phi) is 7.90. The number of ketones is 1. The van der Waals surface area contributed by atoms with Crippen LogP contribution in [0.25, 0.3) is 0 Å². The zero-order valence-electron chi connectivity index (χ0n) is 17.8. The molecule has 0 radical (unpaired) electrons. The van der Waals surface area contributed by atoms with Crippen LogP contribution in [-0.2, 0) is 21.2 Å². The van der Waals surface area contributed by atoms with E-state index in [0.29, 0.717) is 23.5 Å². The molecule has 0 bridgehead atoms. The van der Waals surface area contributed by atoms with Crippen LogP contribution in [0.15, 0.2) is 29.2 Å². The first-order valence-electron chi connectivity index (χ1n) is 10.6. The van der Waals surface area contributed by atoms with Gasteiger partial charge in [-0.15, -0.1) is 10.2 Å². The molecule has 3 rings (SSSR count). The van der Waals surface area contributed by atoms with Crippen LogP contribution in [0.5, 0.6) is 0 Å². The van der Waals surface area contributed by atoms with Gasteiger partial charge in [0.25, 0.3) is 0 Å². The summed E-state index contributed by atoms with van der Waals surface area (Å²) in [6.45, 7) is 4.13. The Morgan fingerprint density at radius 2 is 1.81 bits per heavy atom. The fraction of sp³-hybridized carbons (Fsp3) is 0.524. The molecule has 0 unspecified atom stereocenters. The molecule has 1 aliphatic heterocycles. The lowest BCUT2D eigenvalue weighted by molar-refractivity contribution is -0.120. The number of benzene rings is 1. The van der Waals surface area contributed by atoms with Crippen molar-refractivity contribution in [1.29, 1.82) is 0 Å². The minimum Gasteiger partial charge on any atom is -0.300 e. The first-order valence-corrected chi connectivity index (χ1v) is 12.8. The molecule has 2 aromatic rings. The molecule has 1 aliphatic rings. The van der Waals surface area contributed by atoms with E-state index in [1.165, 1.54) is 46.8 Å². The van der Waals surface area contributed by atoms with E-state index in [1.54, 1.807) is 0 Å². The second kappa shape index (κ2) is 10.4. The van der Waals surface area contributed by atoms with Crippen LogP contribution in [0, 0.1) is 5.92 Å². The van der Waals surface area contributed by atoms with Gasteiger partial charge in [-0.25, -0.2) is 8.42 Å². The van der Waals surface area contributed by atoms with Crippen LogP contribution in [0.1, 0.15) is 61.3 Å². The van der Waals surface area contributed by atoms with Gasteiger partial charge in [-0.3, -0.25) is 9.59 Å². The molecular weight excluding hydrogens is 436 g/mol. The lowest BCUT2D eigenvalue weighted by atomic mass is 9.97. The summed E-state index contributed by atoms with van der Waals surface area (Å²) in [6.07, 6.45) is 5.09. The summed E-state index contributed by atoms with van der Waals surface area (Å²) in [5.74, 6) is -0.516. The number of amides is 1. The molecule has 10 heteroatoms. The molecule has 0 atom stereocenters. The van der Waals surface area contributed by atoms with Crippen molar-refractivity contribution in [1.82, 2.24) is 14.5 Å². The number of hydrogen-bond acceptors (Lipinski definition) is 7. The topological polar surface area (TPSA) is 109 Å². The average molecular weight is 465 g/mol.